The summed E-state index contributed by atoms with van der Waals surface area (Å²) >= 11 is 0. The van der Waals surface area contributed by atoms with E-state index in [4.69, 9.17) is 0 Å². The summed E-state index contributed by atoms with van der Waals surface area (Å²) < 4.78 is 0. The van der Waals surface area contributed by atoms with Gasteiger partial charge in [-0.2, -0.15) is 0 Å². The Balaban J connectivity index is 1.40. The van der Waals surface area contributed by atoms with Gasteiger partial charge in [0.2, 0.25) is 23.6 Å². The molecule has 0 radical (unpaired) electrons. The molecule has 4 aliphatic rings. The lowest BCUT2D eigenvalue weighted by Gasteiger charge is -2.34. The topological polar surface area (TPSA) is 116 Å². The third-order valence-corrected chi connectivity index (χ3v) is 19.6. The fourth-order valence-corrected chi connectivity index (χ4v) is 14.4. The van der Waals surface area contributed by atoms with Crippen molar-refractivity contribution in [3.05, 3.63) is 0 Å². The van der Waals surface area contributed by atoms with Crippen LogP contribution >= 0.6 is 0 Å². The second-order valence-electron chi connectivity index (χ2n) is 26.3. The highest BCUT2D eigenvalue weighted by atomic mass is 16.2. The van der Waals surface area contributed by atoms with Gasteiger partial charge in [-0.05, 0) is 126 Å². The molecule has 0 spiro atoms. The fourth-order valence-electron chi connectivity index (χ4n) is 14.4. The number of rotatable bonds is 43. The van der Waals surface area contributed by atoms with E-state index in [1.165, 1.54) is 205 Å². The average molecular weight is 1060 g/mol. The Hall–Kier alpha value is -2.12. The third kappa shape index (κ3) is 29.9. The quantitative estimate of drug-likeness (QED) is 0.0455. The average Bonchev–Trinajstić information content (AvgIpc) is 3.42. The van der Waals surface area contributed by atoms with Crippen molar-refractivity contribution >= 4 is 23.6 Å². The van der Waals surface area contributed by atoms with Gasteiger partial charge in [0, 0.05) is 37.0 Å². The molecule has 4 saturated carbocycles. The Bertz CT molecular complexity index is 1350. The van der Waals surface area contributed by atoms with Gasteiger partial charge in [0.15, 0.2) is 0 Å². The minimum Gasteiger partial charge on any atom is -0.353 e. The monoisotopic (exact) mass is 1060 g/mol. The van der Waals surface area contributed by atoms with Crippen LogP contribution in [-0.4, -0.2) is 47.8 Å². The zero-order valence-electron chi connectivity index (χ0n) is 50.8. The molecule has 0 aromatic rings. The normalized spacial score (nSPS) is 24.8. The maximum absolute atomic E-state index is 14.9. The van der Waals surface area contributed by atoms with Crippen LogP contribution in [0.1, 0.15) is 349 Å². The molecule has 2 atom stereocenters. The predicted molar refractivity (Wildman–Crippen MR) is 322 cm³/mol. The van der Waals surface area contributed by atoms with Crippen molar-refractivity contribution in [3.8, 4) is 0 Å². The number of carbonyl (C=O) groups excluding carboxylic acids is 4. The molecule has 4 fully saturated rings. The Kier molecular flexibility index (Phi) is 37.3. The number of hydrogen-bond acceptors (Lipinski definition) is 4. The lowest BCUT2D eigenvalue weighted by Crippen LogP contribution is -2.51. The number of unbranched alkanes of at least 4 members (excludes halogenated alkanes) is 24. The maximum atomic E-state index is 14.9. The van der Waals surface area contributed by atoms with Crippen molar-refractivity contribution in [2.45, 2.75) is 373 Å². The van der Waals surface area contributed by atoms with E-state index >= 15 is 0 Å². The van der Waals surface area contributed by atoms with E-state index in [-0.39, 0.29) is 60.6 Å². The molecule has 4 aliphatic carbocycles. The molecule has 0 heterocycles. The van der Waals surface area contributed by atoms with Crippen molar-refractivity contribution in [2.75, 3.05) is 0 Å². The molecule has 0 aromatic carbocycles. The van der Waals surface area contributed by atoms with Crippen LogP contribution in [0.3, 0.4) is 0 Å². The summed E-state index contributed by atoms with van der Waals surface area (Å²) in [5.41, 5.74) is 0. The highest BCUT2D eigenvalue weighted by Gasteiger charge is 2.40. The molecule has 0 saturated heterocycles. The predicted octanol–water partition coefficient (Wildman–Crippen LogP) is 18.3. The van der Waals surface area contributed by atoms with Crippen molar-refractivity contribution in [3.63, 3.8) is 0 Å². The minimum atomic E-state index is -0.906. The van der Waals surface area contributed by atoms with Crippen LogP contribution in [0.5, 0.6) is 0 Å². The zero-order chi connectivity index (χ0) is 54.3. The van der Waals surface area contributed by atoms with Gasteiger partial charge in [0.25, 0.3) is 0 Å². The van der Waals surface area contributed by atoms with Gasteiger partial charge in [-0.25, -0.2) is 0 Å². The standard InChI is InChI=1S/C68H126N4O4/c1-5-9-13-17-21-25-29-33-55-37-45-59(46-38-55)69-65(73)53-63(67(75)71-61-49-41-57(42-50-61)35-31-27-23-19-15-11-7-3)64(68(76)72-62-51-43-58(44-52-62)36-32-28-24-20-16-12-8-4)54-66(74)70-60-47-39-56(40-48-60)34-30-26-22-18-14-10-6-2/h55-64H,5-54H2,1-4H3,(H,69,73)(H,70,74)(H,71,75)(H,72,76). The van der Waals surface area contributed by atoms with E-state index in [2.05, 4.69) is 49.0 Å². The van der Waals surface area contributed by atoms with Crippen molar-refractivity contribution in [1.82, 2.24) is 21.3 Å². The molecule has 4 rings (SSSR count). The first kappa shape index (κ1) is 66.4. The summed E-state index contributed by atoms with van der Waals surface area (Å²) in [6.07, 6.45) is 59.0. The van der Waals surface area contributed by atoms with E-state index in [1.54, 1.807) is 0 Å². The molecule has 0 aromatic heterocycles. The molecule has 0 bridgehead atoms. The van der Waals surface area contributed by atoms with E-state index in [1.807, 2.05) is 0 Å². The van der Waals surface area contributed by atoms with Crippen LogP contribution in [0, 0.1) is 35.5 Å². The molecule has 4 N–H and O–H groups in total. The molecule has 0 aliphatic heterocycles. The highest BCUT2D eigenvalue weighted by molar-refractivity contribution is 5.94. The fraction of sp³-hybridized carbons (Fsp3) is 0.941. The van der Waals surface area contributed by atoms with Gasteiger partial charge in [-0.1, -0.05) is 233 Å². The summed E-state index contributed by atoms with van der Waals surface area (Å²) in [5, 5.41) is 13.6. The van der Waals surface area contributed by atoms with E-state index in [0.29, 0.717) is 11.8 Å². The smallest absolute Gasteiger partial charge is 0.224 e. The van der Waals surface area contributed by atoms with Gasteiger partial charge in [-0.15, -0.1) is 0 Å². The summed E-state index contributed by atoms with van der Waals surface area (Å²) in [5.74, 6) is 0.369. The van der Waals surface area contributed by atoms with Crippen LogP contribution in [0.2, 0.25) is 0 Å². The van der Waals surface area contributed by atoms with Crippen molar-refractivity contribution in [1.29, 1.82) is 0 Å². The van der Waals surface area contributed by atoms with Crippen LogP contribution in [0.4, 0.5) is 0 Å². The first-order valence-electron chi connectivity index (χ1n) is 34.4. The van der Waals surface area contributed by atoms with Crippen LogP contribution in [-0.2, 0) is 19.2 Å². The molecular weight excluding hydrogens is 937 g/mol. The molecule has 8 heteroatoms. The van der Waals surface area contributed by atoms with E-state index in [9.17, 15) is 19.2 Å². The highest BCUT2D eigenvalue weighted by Crippen LogP contribution is 2.34. The van der Waals surface area contributed by atoms with E-state index < -0.39 is 11.8 Å². The van der Waals surface area contributed by atoms with Crippen molar-refractivity contribution in [2.24, 2.45) is 35.5 Å². The van der Waals surface area contributed by atoms with Crippen LogP contribution in [0.15, 0.2) is 0 Å². The van der Waals surface area contributed by atoms with E-state index in [0.717, 1.165) is 115 Å². The lowest BCUT2D eigenvalue weighted by atomic mass is 9.80. The summed E-state index contributed by atoms with van der Waals surface area (Å²) in [6, 6.07) is 0.271. The Labute approximate surface area is 470 Å². The second kappa shape index (κ2) is 42.7. The first-order valence-corrected chi connectivity index (χ1v) is 34.4. The van der Waals surface area contributed by atoms with Gasteiger partial charge in [-0.3, -0.25) is 19.2 Å². The number of hydrogen-bond donors (Lipinski definition) is 4. The van der Waals surface area contributed by atoms with Gasteiger partial charge < -0.3 is 21.3 Å². The lowest BCUT2D eigenvalue weighted by molar-refractivity contribution is -0.141. The SMILES string of the molecule is CCCCCCCCCC1CCC(NC(=O)CC(C(=O)NC2CCC(CCCCCCCCC)CC2)C(CC(=O)NC2CCC(CCCCCCCCC)CC2)C(=O)NC2CCC(CCCCCCCCC)CC2)CC1. The minimum absolute atomic E-state index is 0.0374. The van der Waals surface area contributed by atoms with Crippen LogP contribution in [0.25, 0.3) is 0 Å². The largest absolute Gasteiger partial charge is 0.353 e. The molecular formula is C68H126N4O4. The number of carbonyl (C=O) groups is 4. The molecule has 442 valence electrons. The maximum Gasteiger partial charge on any atom is 0.224 e. The number of nitrogens with one attached hydrogen (secondary N) is 4. The van der Waals surface area contributed by atoms with Gasteiger partial charge in [0.1, 0.15) is 0 Å². The second-order valence-corrected chi connectivity index (χ2v) is 26.3. The van der Waals surface area contributed by atoms with Crippen LogP contribution < -0.4 is 21.3 Å². The molecule has 4 amide bonds. The Morgan fingerprint density at radius 1 is 0.276 bits per heavy atom. The Morgan fingerprint density at radius 2 is 0.474 bits per heavy atom. The Morgan fingerprint density at radius 3 is 0.697 bits per heavy atom. The number of amides is 4. The van der Waals surface area contributed by atoms with Gasteiger partial charge in [0.05, 0.1) is 11.8 Å². The molecule has 8 nitrogen and oxygen atoms in total. The van der Waals surface area contributed by atoms with Crippen molar-refractivity contribution < 1.29 is 19.2 Å². The summed E-state index contributed by atoms with van der Waals surface area (Å²) in [7, 11) is 0. The van der Waals surface area contributed by atoms with Gasteiger partial charge >= 0.3 is 0 Å². The summed E-state index contributed by atoms with van der Waals surface area (Å²) in [6.45, 7) is 9.12. The summed E-state index contributed by atoms with van der Waals surface area (Å²) in [4.78, 5) is 58.6. The zero-order valence-corrected chi connectivity index (χ0v) is 50.8. The third-order valence-electron chi connectivity index (χ3n) is 19.6. The molecule has 2 unspecified atom stereocenters. The first-order chi connectivity index (χ1) is 37.2. The molecule has 76 heavy (non-hydrogen) atoms.